The third kappa shape index (κ3) is 8.55. The summed E-state index contributed by atoms with van der Waals surface area (Å²) in [7, 11) is 0. The topological polar surface area (TPSA) is 17.8 Å². The first kappa shape index (κ1) is 43.0. The molecule has 2 aromatic heterocycles. The quantitative estimate of drug-likeness (QED) is 0.115. The van der Waals surface area contributed by atoms with Crippen molar-refractivity contribution in [3.63, 3.8) is 0 Å². The van der Waals surface area contributed by atoms with E-state index in [0.717, 1.165) is 98.0 Å². The van der Waals surface area contributed by atoms with Gasteiger partial charge in [0.2, 0.25) is 0 Å². The molecule has 11 aromatic rings. The van der Waals surface area contributed by atoms with E-state index in [1.54, 1.807) is 17.4 Å². The van der Waals surface area contributed by atoms with Gasteiger partial charge in [0, 0.05) is 21.2 Å². The first-order valence-electron chi connectivity index (χ1n) is 22.1. The van der Waals surface area contributed by atoms with Gasteiger partial charge in [0.25, 0.3) is 0 Å². The van der Waals surface area contributed by atoms with Gasteiger partial charge in [0.1, 0.15) is 5.82 Å². The minimum atomic E-state index is -1.99. The minimum absolute atomic E-state index is 0. The van der Waals surface area contributed by atoms with Crippen LogP contribution in [0.3, 0.4) is 0 Å². The molecule has 2 heterocycles. The predicted octanol–water partition coefficient (Wildman–Crippen LogP) is 16.1. The molecule has 0 radical (unpaired) electrons. The molecule has 0 unspecified atom stereocenters. The third-order valence-corrected chi connectivity index (χ3v) is 17.3. The van der Waals surface area contributed by atoms with Gasteiger partial charge in [-0.15, -0.1) is 18.2 Å². The van der Waals surface area contributed by atoms with Crippen molar-refractivity contribution in [3.05, 3.63) is 212 Å². The van der Waals surface area contributed by atoms with Gasteiger partial charge < -0.3 is 4.57 Å². The van der Waals surface area contributed by atoms with E-state index < -0.39 is 19.2 Å². The Bertz CT molecular complexity index is 3460. The van der Waals surface area contributed by atoms with Gasteiger partial charge in [-0.3, -0.25) is 4.98 Å². The molecule has 65 heavy (non-hydrogen) atoms. The molecule has 0 spiro atoms. The molecule has 0 atom stereocenters. The Balaban J connectivity index is 0.000000221. The van der Waals surface area contributed by atoms with Gasteiger partial charge in [-0.1, -0.05) is 126 Å². The Labute approximate surface area is 402 Å². The Kier molecular flexibility index (Phi) is 12.2. The Hall–Kier alpha value is -5.95. The van der Waals surface area contributed by atoms with Crippen LogP contribution < -0.4 is 4.40 Å². The van der Waals surface area contributed by atoms with Gasteiger partial charge in [0.05, 0.1) is 22.5 Å². The normalized spacial score (nSPS) is 11.9. The molecule has 0 fully saturated rings. The van der Waals surface area contributed by atoms with E-state index >= 15 is 0 Å². The van der Waals surface area contributed by atoms with Gasteiger partial charge in [-0.25, -0.2) is 4.39 Å². The molecular weight excluding hydrogens is 1050 g/mol. The molecule has 0 aliphatic carbocycles. The van der Waals surface area contributed by atoms with Crippen LogP contribution in [0.5, 0.6) is 0 Å². The number of benzene rings is 9. The molecular formula is C59H46FGeIrN2S. The predicted molar refractivity (Wildman–Crippen MR) is 273 cm³/mol. The number of nitrogens with zero attached hydrogens (tertiary/aromatic N) is 2. The maximum atomic E-state index is 14.4. The van der Waals surface area contributed by atoms with Gasteiger partial charge in [-0.05, 0) is 44.8 Å². The Morgan fingerprint density at radius 3 is 2.02 bits per heavy atom. The van der Waals surface area contributed by atoms with E-state index in [1.807, 2.05) is 50.2 Å². The SMILES string of the molecule is Fc1ccc2c(c1)sc1c(-c3nc4ccc5ccccc5c4n3-c3c(-c4ccccc4)cccc3-c3ccccc3)[c-]ccc12.[2H]C(C)(C)c1cc(-c2[c-]cccc2)[c-]c[c]1[Ge]([CH3])([CH3])[CH3].[Ir+3]. The number of aromatic nitrogens is 2. The van der Waals surface area contributed by atoms with Gasteiger partial charge in [-0.2, -0.15) is 11.3 Å². The number of hydrogen-bond acceptors (Lipinski definition) is 2. The van der Waals surface area contributed by atoms with Crippen LogP contribution >= 0.6 is 11.3 Å². The van der Waals surface area contributed by atoms with Crippen LogP contribution in [0, 0.1) is 24.0 Å². The van der Waals surface area contributed by atoms with Crippen molar-refractivity contribution in [3.8, 4) is 50.5 Å². The summed E-state index contributed by atoms with van der Waals surface area (Å²) in [5.41, 5.74) is 11.6. The second kappa shape index (κ2) is 18.5. The van der Waals surface area contributed by atoms with Crippen LogP contribution in [0.15, 0.2) is 182 Å². The van der Waals surface area contributed by atoms with E-state index in [1.165, 1.54) is 10.5 Å². The van der Waals surface area contributed by atoms with E-state index in [-0.39, 0.29) is 25.9 Å². The number of para-hydroxylation sites is 1. The van der Waals surface area contributed by atoms with Crippen molar-refractivity contribution in [2.75, 3.05) is 0 Å². The molecule has 0 bridgehead atoms. The molecule has 0 aliphatic heterocycles. The third-order valence-electron chi connectivity index (χ3n) is 11.9. The summed E-state index contributed by atoms with van der Waals surface area (Å²) in [6.45, 7) is 3.94. The fourth-order valence-electron chi connectivity index (χ4n) is 8.83. The molecule has 0 amide bonds. The molecule has 2 nitrogen and oxygen atoms in total. The van der Waals surface area contributed by atoms with Crippen molar-refractivity contribution >= 4 is 71.0 Å². The second-order valence-electron chi connectivity index (χ2n) is 17.4. The average molecular weight is 1100 g/mol. The summed E-state index contributed by atoms with van der Waals surface area (Å²) in [5.74, 6) is 7.10. The first-order valence-corrected chi connectivity index (χ1v) is 29.8. The van der Waals surface area contributed by atoms with Crippen LogP contribution in [0.2, 0.25) is 17.3 Å². The molecule has 0 N–H and O–H groups in total. The number of hydrogen-bond donors (Lipinski definition) is 0. The Morgan fingerprint density at radius 2 is 1.34 bits per heavy atom. The number of halogens is 1. The zero-order chi connectivity index (χ0) is 44.9. The fourth-order valence-corrected chi connectivity index (χ4v) is 13.5. The molecule has 0 saturated heterocycles. The van der Waals surface area contributed by atoms with Crippen LogP contribution in [-0.2, 0) is 20.1 Å². The number of imidazole rings is 1. The van der Waals surface area contributed by atoms with Crippen molar-refractivity contribution < 1.29 is 25.9 Å². The van der Waals surface area contributed by atoms with Crippen LogP contribution in [0.25, 0.3) is 92.4 Å². The largest absolute Gasteiger partial charge is 3.00 e. The minimum Gasteiger partial charge on any atom is 3.00 e. The zero-order valence-corrected chi connectivity index (χ0v) is 42.1. The Morgan fingerprint density at radius 1 is 0.646 bits per heavy atom. The van der Waals surface area contributed by atoms with Gasteiger partial charge >= 0.3 is 141 Å². The second-order valence-corrected chi connectivity index (χ2v) is 29.0. The van der Waals surface area contributed by atoms with Crippen molar-refractivity contribution in [2.45, 2.75) is 37.0 Å². The summed E-state index contributed by atoms with van der Waals surface area (Å²) in [4.78, 5) is 5.38. The van der Waals surface area contributed by atoms with Crippen molar-refractivity contribution in [1.82, 2.24) is 9.55 Å². The van der Waals surface area contributed by atoms with Crippen molar-refractivity contribution in [1.29, 1.82) is 0 Å². The van der Waals surface area contributed by atoms with E-state index in [4.69, 9.17) is 6.35 Å². The molecule has 0 aliphatic rings. The van der Waals surface area contributed by atoms with Gasteiger partial charge in [0.15, 0.2) is 0 Å². The van der Waals surface area contributed by atoms with E-state index in [0.29, 0.717) is 0 Å². The number of rotatable bonds is 7. The monoisotopic (exact) mass is 1100 g/mol. The van der Waals surface area contributed by atoms with Crippen LogP contribution in [0.1, 0.15) is 26.7 Å². The number of fused-ring (bicyclic) bond motifs is 6. The average Bonchev–Trinajstić information content (AvgIpc) is 3.90. The maximum Gasteiger partial charge on any atom is 3.00 e. The summed E-state index contributed by atoms with van der Waals surface area (Å²) in [6.07, 6.45) is 0. The molecule has 6 heteroatoms. The molecule has 9 aromatic carbocycles. The fraction of sp³-hybridized carbons (Fsp3) is 0.102. The molecule has 318 valence electrons. The summed E-state index contributed by atoms with van der Waals surface area (Å²) < 4.78 is 28.5. The molecule has 0 saturated carbocycles. The maximum absolute atomic E-state index is 14.4. The van der Waals surface area contributed by atoms with Crippen molar-refractivity contribution in [2.24, 2.45) is 0 Å². The number of thiophene rings is 1. The summed E-state index contributed by atoms with van der Waals surface area (Å²) in [6, 6.07) is 71.9. The smallest absolute Gasteiger partial charge is 3.00 e. The standard InChI is InChI=1S/C41H24FN2S.C18H22Ge.Ir/c42-29-22-23-33-34-19-10-20-35(40(34)45-37(33)25-29)41-43-36-24-21-28-15-7-8-16-32(28)39(36)44(41)38-30(26-11-3-1-4-12-26)17-9-18-31(38)27-13-5-2-6-14-27;1-14(2)17-13-16(15-9-7-6-8-10-15)11-12-18(17)19(3,4)5;/h1-19,21-25H;6-9,12-14H,1-5H3;/q-1;-2;+3/i;14D;. The summed E-state index contributed by atoms with van der Waals surface area (Å²) in [5, 5.41) is 4.39. The zero-order valence-electron chi connectivity index (χ0n) is 37.8. The van der Waals surface area contributed by atoms with Crippen LogP contribution in [0.4, 0.5) is 4.39 Å². The van der Waals surface area contributed by atoms with Crippen LogP contribution in [-0.4, -0.2) is 22.8 Å². The van der Waals surface area contributed by atoms with E-state index in [2.05, 4.69) is 173 Å². The summed E-state index contributed by atoms with van der Waals surface area (Å²) >= 11 is -0.403. The van der Waals surface area contributed by atoms with E-state index in [9.17, 15) is 4.39 Å². The molecule has 11 rings (SSSR count). The first-order chi connectivity index (χ1) is 31.4.